The average Bonchev–Trinajstić information content (AvgIpc) is 3.40. The van der Waals surface area contributed by atoms with Gasteiger partial charge in [-0.3, -0.25) is 4.98 Å². The fraction of sp³-hybridized carbons (Fsp3) is 0.263. The molecule has 0 bridgehead atoms. The third-order valence-electron chi connectivity index (χ3n) is 4.41. The van der Waals surface area contributed by atoms with E-state index in [4.69, 9.17) is 4.74 Å². The first-order valence-electron chi connectivity index (χ1n) is 8.57. The maximum atomic E-state index is 13.1. The molecule has 2 aromatic heterocycles. The second kappa shape index (κ2) is 6.96. The maximum Gasteiger partial charge on any atom is 0.416 e. The minimum atomic E-state index is -4.47. The number of alkyl halides is 3. The molecule has 1 fully saturated rings. The largest absolute Gasteiger partial charge is 0.493 e. The Morgan fingerprint density at radius 3 is 2.68 bits per heavy atom. The summed E-state index contributed by atoms with van der Waals surface area (Å²) in [6, 6.07) is 8.81. The van der Waals surface area contributed by atoms with Crippen LogP contribution in [0.3, 0.4) is 0 Å². The van der Waals surface area contributed by atoms with Crippen molar-refractivity contribution in [3.8, 4) is 34.3 Å². The summed E-state index contributed by atoms with van der Waals surface area (Å²) in [5, 5.41) is 19.2. The Morgan fingerprint density at radius 1 is 1.18 bits per heavy atom. The highest BCUT2D eigenvalue weighted by molar-refractivity contribution is 5.74. The van der Waals surface area contributed by atoms with Crippen molar-refractivity contribution in [2.45, 2.75) is 19.0 Å². The maximum absolute atomic E-state index is 13.1. The molecule has 0 amide bonds. The van der Waals surface area contributed by atoms with E-state index >= 15 is 0 Å². The van der Waals surface area contributed by atoms with E-state index in [2.05, 4.69) is 20.4 Å². The van der Waals surface area contributed by atoms with Gasteiger partial charge in [0.2, 0.25) is 0 Å². The van der Waals surface area contributed by atoms with Crippen LogP contribution in [0, 0.1) is 17.2 Å². The molecular formula is C19H14F3N5O. The number of ether oxygens (including phenoxy) is 1. The number of aromatic nitrogens is 4. The van der Waals surface area contributed by atoms with Crippen molar-refractivity contribution in [1.29, 1.82) is 5.26 Å². The van der Waals surface area contributed by atoms with Crippen molar-refractivity contribution in [3.05, 3.63) is 47.8 Å². The Balaban J connectivity index is 1.78. The molecule has 1 N–H and O–H groups in total. The molecule has 9 heteroatoms. The molecule has 0 spiro atoms. The minimum Gasteiger partial charge on any atom is -0.493 e. The molecule has 28 heavy (non-hydrogen) atoms. The summed E-state index contributed by atoms with van der Waals surface area (Å²) in [5.74, 6) is 0.978. The molecule has 3 aromatic rings. The van der Waals surface area contributed by atoms with Crippen LogP contribution < -0.4 is 4.74 Å². The number of pyridine rings is 1. The van der Waals surface area contributed by atoms with Crippen LogP contribution in [0.2, 0.25) is 0 Å². The van der Waals surface area contributed by atoms with Crippen LogP contribution in [-0.2, 0) is 6.18 Å². The number of H-pyrrole nitrogens is 1. The van der Waals surface area contributed by atoms with E-state index in [0.717, 1.165) is 31.2 Å². The zero-order valence-electron chi connectivity index (χ0n) is 14.5. The lowest BCUT2D eigenvalue weighted by Gasteiger charge is -2.12. The van der Waals surface area contributed by atoms with Crippen molar-refractivity contribution >= 4 is 0 Å². The normalized spacial score (nSPS) is 13.9. The first kappa shape index (κ1) is 18.0. The first-order valence-corrected chi connectivity index (χ1v) is 8.57. The van der Waals surface area contributed by atoms with Crippen molar-refractivity contribution in [2.24, 2.45) is 5.92 Å². The van der Waals surface area contributed by atoms with E-state index in [1.54, 1.807) is 18.2 Å². The van der Waals surface area contributed by atoms with Crippen LogP contribution in [0.4, 0.5) is 13.2 Å². The van der Waals surface area contributed by atoms with Gasteiger partial charge in [0, 0.05) is 17.3 Å². The molecule has 1 saturated carbocycles. The summed E-state index contributed by atoms with van der Waals surface area (Å²) in [6.07, 6.45) is -1.15. The van der Waals surface area contributed by atoms with Gasteiger partial charge in [0.15, 0.2) is 5.69 Å². The number of halogens is 3. The van der Waals surface area contributed by atoms with Crippen LogP contribution in [0.15, 0.2) is 36.5 Å². The van der Waals surface area contributed by atoms with Crippen LogP contribution in [-0.4, -0.2) is 27.0 Å². The third-order valence-corrected chi connectivity index (χ3v) is 4.41. The first-order chi connectivity index (χ1) is 13.4. The van der Waals surface area contributed by atoms with Crippen LogP contribution >= 0.6 is 0 Å². The smallest absolute Gasteiger partial charge is 0.416 e. The SMILES string of the molecule is N#Cc1[nH]nnc1-c1cc(OCC2CC2)cc(-c2cc(C(F)(F)F)ccn2)c1. The van der Waals surface area contributed by atoms with Gasteiger partial charge in [0.1, 0.15) is 17.5 Å². The number of hydrogen-bond acceptors (Lipinski definition) is 5. The van der Waals surface area contributed by atoms with Gasteiger partial charge >= 0.3 is 6.18 Å². The van der Waals surface area contributed by atoms with Gasteiger partial charge in [-0.05, 0) is 49.1 Å². The summed E-state index contributed by atoms with van der Waals surface area (Å²) in [6.45, 7) is 0.531. The molecule has 0 radical (unpaired) electrons. The molecule has 1 aromatic carbocycles. The molecule has 6 nitrogen and oxygen atoms in total. The Bertz CT molecular complexity index is 1050. The zero-order chi connectivity index (χ0) is 19.7. The Morgan fingerprint density at radius 2 is 1.96 bits per heavy atom. The second-order valence-corrected chi connectivity index (χ2v) is 6.58. The van der Waals surface area contributed by atoms with Gasteiger partial charge in [0.25, 0.3) is 0 Å². The molecule has 1 aliphatic carbocycles. The lowest BCUT2D eigenvalue weighted by Crippen LogP contribution is -2.05. The average molecular weight is 385 g/mol. The lowest BCUT2D eigenvalue weighted by molar-refractivity contribution is -0.137. The van der Waals surface area contributed by atoms with Crippen LogP contribution in [0.5, 0.6) is 5.75 Å². The Hall–Kier alpha value is -3.41. The predicted molar refractivity (Wildman–Crippen MR) is 93.0 cm³/mol. The van der Waals surface area contributed by atoms with E-state index in [1.807, 2.05) is 6.07 Å². The molecule has 0 aliphatic heterocycles. The van der Waals surface area contributed by atoms with Crippen LogP contribution in [0.25, 0.3) is 22.5 Å². The minimum absolute atomic E-state index is 0.148. The molecule has 4 rings (SSSR count). The summed E-state index contributed by atoms with van der Waals surface area (Å²) in [7, 11) is 0. The number of rotatable bonds is 5. The summed E-state index contributed by atoms with van der Waals surface area (Å²) < 4.78 is 45.0. The molecule has 0 unspecified atom stereocenters. The van der Waals surface area contributed by atoms with E-state index in [9.17, 15) is 18.4 Å². The standard InChI is InChI=1S/C19H14F3N5O/c20-19(21,22)14-3-4-24-16(8-14)12-5-13(18-17(9-23)25-27-26-18)7-15(6-12)28-10-11-1-2-11/h3-8,11H,1-2,10H2,(H,25,26,27). The number of nitrogens with zero attached hydrogens (tertiary/aromatic N) is 4. The third kappa shape index (κ3) is 3.81. The topological polar surface area (TPSA) is 87.5 Å². The molecule has 0 atom stereocenters. The number of hydrogen-bond donors (Lipinski definition) is 1. The highest BCUT2D eigenvalue weighted by atomic mass is 19.4. The van der Waals surface area contributed by atoms with Crippen molar-refractivity contribution in [3.63, 3.8) is 0 Å². The van der Waals surface area contributed by atoms with Crippen molar-refractivity contribution in [2.75, 3.05) is 6.61 Å². The van der Waals surface area contributed by atoms with Gasteiger partial charge < -0.3 is 4.74 Å². The quantitative estimate of drug-likeness (QED) is 0.711. The van der Waals surface area contributed by atoms with Crippen molar-refractivity contribution < 1.29 is 17.9 Å². The Labute approximate surface area is 158 Å². The van der Waals surface area contributed by atoms with Gasteiger partial charge in [0.05, 0.1) is 17.9 Å². The number of aromatic amines is 1. The summed E-state index contributed by atoms with van der Waals surface area (Å²) in [4.78, 5) is 4.07. The molecule has 1 aliphatic rings. The fourth-order valence-corrected chi connectivity index (χ4v) is 2.74. The second-order valence-electron chi connectivity index (χ2n) is 6.58. The van der Waals surface area contributed by atoms with Gasteiger partial charge in [-0.15, -0.1) is 5.10 Å². The van der Waals surface area contributed by atoms with Gasteiger partial charge in [-0.25, -0.2) is 5.10 Å². The molecule has 2 heterocycles. The Kier molecular flexibility index (Phi) is 4.47. The zero-order valence-corrected chi connectivity index (χ0v) is 14.5. The lowest BCUT2D eigenvalue weighted by atomic mass is 10.0. The molecule has 0 saturated heterocycles. The summed E-state index contributed by atoms with van der Waals surface area (Å²) in [5.41, 5.74) is 0.751. The monoisotopic (exact) mass is 385 g/mol. The van der Waals surface area contributed by atoms with Gasteiger partial charge in [-0.2, -0.15) is 18.4 Å². The van der Waals surface area contributed by atoms with E-state index in [1.165, 1.54) is 0 Å². The van der Waals surface area contributed by atoms with E-state index in [-0.39, 0.29) is 11.4 Å². The van der Waals surface area contributed by atoms with Crippen LogP contribution in [0.1, 0.15) is 24.1 Å². The van der Waals surface area contributed by atoms with Gasteiger partial charge in [-0.1, -0.05) is 5.21 Å². The number of nitriles is 1. The number of nitrogens with one attached hydrogen (secondary N) is 1. The predicted octanol–water partition coefficient (Wildman–Crippen LogP) is 4.21. The van der Waals surface area contributed by atoms with Crippen molar-refractivity contribution in [1.82, 2.24) is 20.4 Å². The number of benzene rings is 1. The van der Waals surface area contributed by atoms with E-state index in [0.29, 0.717) is 35.1 Å². The highest BCUT2D eigenvalue weighted by Gasteiger charge is 2.31. The summed E-state index contributed by atoms with van der Waals surface area (Å²) >= 11 is 0. The van der Waals surface area contributed by atoms with E-state index < -0.39 is 11.7 Å². The molecule has 142 valence electrons. The highest BCUT2D eigenvalue weighted by Crippen LogP contribution is 2.35. The fourth-order valence-electron chi connectivity index (χ4n) is 2.74. The molecular weight excluding hydrogens is 371 g/mol.